The number of nitrogen functional groups attached to an aromatic ring is 1. The van der Waals surface area contributed by atoms with Crippen LogP contribution in [0.2, 0.25) is 0 Å². The van der Waals surface area contributed by atoms with Gasteiger partial charge in [0.25, 0.3) is 0 Å². The Bertz CT molecular complexity index is 522. The summed E-state index contributed by atoms with van der Waals surface area (Å²) in [5, 5.41) is 0. The summed E-state index contributed by atoms with van der Waals surface area (Å²) < 4.78 is 29.5. The third kappa shape index (κ3) is 4.71. The predicted octanol–water partition coefficient (Wildman–Crippen LogP) is 2.64. The van der Waals surface area contributed by atoms with Gasteiger partial charge >= 0.3 is 0 Å². The molecule has 2 rings (SSSR count). The van der Waals surface area contributed by atoms with E-state index in [1.165, 1.54) is 12.8 Å². The number of nitrogens with two attached hydrogens (primary N) is 1. The van der Waals surface area contributed by atoms with Crippen molar-refractivity contribution in [1.82, 2.24) is 0 Å². The standard InChI is InChI=1S/C15H23NO3S/c16-14-8-3-4-9-15(14)19-10-5-11-20(17,18)12-13-6-1-2-7-13/h3-4,8-9,13H,1-2,5-7,10-12,16H2. The molecule has 112 valence electrons. The Morgan fingerprint density at radius 3 is 2.60 bits per heavy atom. The molecular weight excluding hydrogens is 274 g/mol. The van der Waals surface area contributed by atoms with Gasteiger partial charge in [-0.05, 0) is 37.3 Å². The summed E-state index contributed by atoms with van der Waals surface area (Å²) in [6.45, 7) is 0.387. The molecule has 20 heavy (non-hydrogen) atoms. The molecule has 0 heterocycles. The van der Waals surface area contributed by atoms with Crippen molar-refractivity contribution in [3.63, 3.8) is 0 Å². The molecule has 0 saturated heterocycles. The molecule has 5 heteroatoms. The number of benzene rings is 1. The Labute approximate surface area is 121 Å². The summed E-state index contributed by atoms with van der Waals surface area (Å²) in [4.78, 5) is 0. The van der Waals surface area contributed by atoms with E-state index in [1.54, 1.807) is 12.1 Å². The fourth-order valence-corrected chi connectivity index (χ4v) is 4.47. The lowest BCUT2D eigenvalue weighted by molar-refractivity contribution is 0.319. The highest BCUT2D eigenvalue weighted by Gasteiger charge is 2.22. The lowest BCUT2D eigenvalue weighted by atomic mass is 10.1. The Morgan fingerprint density at radius 2 is 1.90 bits per heavy atom. The molecular formula is C15H23NO3S. The van der Waals surface area contributed by atoms with E-state index < -0.39 is 9.84 Å². The number of sulfone groups is 1. The zero-order valence-corrected chi connectivity index (χ0v) is 12.6. The van der Waals surface area contributed by atoms with E-state index in [1.807, 2.05) is 12.1 Å². The Kier molecular flexibility index (Phi) is 5.29. The maximum absolute atomic E-state index is 12.0. The fraction of sp³-hybridized carbons (Fsp3) is 0.600. The average molecular weight is 297 g/mol. The van der Waals surface area contributed by atoms with Crippen molar-refractivity contribution in [1.29, 1.82) is 0 Å². The van der Waals surface area contributed by atoms with Crippen molar-refractivity contribution in [2.45, 2.75) is 32.1 Å². The Hall–Kier alpha value is -1.23. The zero-order chi connectivity index (χ0) is 14.4. The van der Waals surface area contributed by atoms with E-state index in [9.17, 15) is 8.42 Å². The SMILES string of the molecule is Nc1ccccc1OCCCS(=O)(=O)CC1CCCC1. The first kappa shape index (κ1) is 15.2. The number of ether oxygens (including phenoxy) is 1. The topological polar surface area (TPSA) is 69.4 Å². The van der Waals surface area contributed by atoms with E-state index in [4.69, 9.17) is 10.5 Å². The molecule has 0 aliphatic heterocycles. The third-order valence-electron chi connectivity index (χ3n) is 3.74. The number of para-hydroxylation sites is 2. The minimum Gasteiger partial charge on any atom is -0.491 e. The number of hydrogen-bond acceptors (Lipinski definition) is 4. The maximum Gasteiger partial charge on any atom is 0.150 e. The molecule has 4 nitrogen and oxygen atoms in total. The maximum atomic E-state index is 12.0. The van der Waals surface area contributed by atoms with Gasteiger partial charge in [0.15, 0.2) is 9.84 Å². The molecule has 1 aromatic rings. The van der Waals surface area contributed by atoms with Gasteiger partial charge in [-0.3, -0.25) is 0 Å². The van der Waals surface area contributed by atoms with Crippen LogP contribution in [0.4, 0.5) is 5.69 Å². The van der Waals surface area contributed by atoms with Crippen LogP contribution in [0, 0.1) is 5.92 Å². The molecule has 0 atom stereocenters. The second kappa shape index (κ2) is 6.97. The summed E-state index contributed by atoms with van der Waals surface area (Å²) in [6, 6.07) is 7.26. The molecule has 0 bridgehead atoms. The van der Waals surface area contributed by atoms with Gasteiger partial charge in [-0.15, -0.1) is 0 Å². The van der Waals surface area contributed by atoms with Crippen LogP contribution in [-0.4, -0.2) is 26.5 Å². The summed E-state index contributed by atoms with van der Waals surface area (Å²) in [6.07, 6.45) is 5.00. The normalized spacial score (nSPS) is 16.4. The zero-order valence-electron chi connectivity index (χ0n) is 11.8. The molecule has 0 radical (unpaired) electrons. The molecule has 1 aliphatic carbocycles. The van der Waals surface area contributed by atoms with Gasteiger partial charge in [0, 0.05) is 0 Å². The van der Waals surface area contributed by atoms with Gasteiger partial charge in [-0.2, -0.15) is 0 Å². The summed E-state index contributed by atoms with van der Waals surface area (Å²) in [5.74, 6) is 1.56. The first-order chi connectivity index (χ1) is 9.57. The number of hydrogen-bond donors (Lipinski definition) is 1. The smallest absolute Gasteiger partial charge is 0.150 e. The third-order valence-corrected chi connectivity index (χ3v) is 5.63. The lowest BCUT2D eigenvalue weighted by Crippen LogP contribution is -2.18. The van der Waals surface area contributed by atoms with Crippen molar-refractivity contribution < 1.29 is 13.2 Å². The van der Waals surface area contributed by atoms with Gasteiger partial charge in [-0.1, -0.05) is 25.0 Å². The lowest BCUT2D eigenvalue weighted by Gasteiger charge is -2.11. The van der Waals surface area contributed by atoms with Crippen LogP contribution < -0.4 is 10.5 Å². The molecule has 1 aromatic carbocycles. The predicted molar refractivity (Wildman–Crippen MR) is 81.6 cm³/mol. The van der Waals surface area contributed by atoms with Crippen molar-refractivity contribution in [2.24, 2.45) is 5.92 Å². The van der Waals surface area contributed by atoms with E-state index >= 15 is 0 Å². The van der Waals surface area contributed by atoms with E-state index in [-0.39, 0.29) is 5.75 Å². The van der Waals surface area contributed by atoms with E-state index in [0.717, 1.165) is 12.8 Å². The molecule has 0 unspecified atom stereocenters. The van der Waals surface area contributed by atoms with Gasteiger partial charge in [-0.25, -0.2) is 8.42 Å². The van der Waals surface area contributed by atoms with Crippen molar-refractivity contribution in [2.75, 3.05) is 23.8 Å². The van der Waals surface area contributed by atoms with E-state index in [0.29, 0.717) is 36.1 Å². The van der Waals surface area contributed by atoms with Crippen molar-refractivity contribution in [3.8, 4) is 5.75 Å². The molecule has 1 aliphatic rings. The van der Waals surface area contributed by atoms with Gasteiger partial charge in [0.1, 0.15) is 5.75 Å². The highest BCUT2D eigenvalue weighted by molar-refractivity contribution is 7.91. The molecule has 1 fully saturated rings. The van der Waals surface area contributed by atoms with Gasteiger partial charge in [0.2, 0.25) is 0 Å². The van der Waals surface area contributed by atoms with Gasteiger partial charge in [0.05, 0.1) is 23.8 Å². The van der Waals surface area contributed by atoms with Crippen LogP contribution in [0.5, 0.6) is 5.75 Å². The van der Waals surface area contributed by atoms with E-state index in [2.05, 4.69) is 0 Å². The summed E-state index contributed by atoms with van der Waals surface area (Å²) in [7, 11) is -2.94. The summed E-state index contributed by atoms with van der Waals surface area (Å²) >= 11 is 0. The minimum atomic E-state index is -2.94. The van der Waals surface area contributed by atoms with Crippen LogP contribution in [0.3, 0.4) is 0 Å². The first-order valence-corrected chi connectivity index (χ1v) is 9.07. The summed E-state index contributed by atoms with van der Waals surface area (Å²) in [5.41, 5.74) is 6.34. The van der Waals surface area contributed by atoms with Gasteiger partial charge < -0.3 is 10.5 Å². The second-order valence-electron chi connectivity index (χ2n) is 5.50. The molecule has 0 aromatic heterocycles. The Morgan fingerprint density at radius 1 is 1.20 bits per heavy atom. The average Bonchev–Trinajstić information content (AvgIpc) is 2.88. The molecule has 0 spiro atoms. The monoisotopic (exact) mass is 297 g/mol. The number of anilines is 1. The highest BCUT2D eigenvalue weighted by Crippen LogP contribution is 2.26. The number of rotatable bonds is 7. The largest absolute Gasteiger partial charge is 0.491 e. The van der Waals surface area contributed by atoms with Crippen LogP contribution >= 0.6 is 0 Å². The van der Waals surface area contributed by atoms with Crippen molar-refractivity contribution >= 4 is 15.5 Å². The van der Waals surface area contributed by atoms with Crippen LogP contribution in [0.25, 0.3) is 0 Å². The molecule has 2 N–H and O–H groups in total. The molecule has 0 amide bonds. The van der Waals surface area contributed by atoms with Crippen LogP contribution in [-0.2, 0) is 9.84 Å². The van der Waals surface area contributed by atoms with Crippen LogP contribution in [0.15, 0.2) is 24.3 Å². The highest BCUT2D eigenvalue weighted by atomic mass is 32.2. The fourth-order valence-electron chi connectivity index (χ4n) is 2.69. The first-order valence-electron chi connectivity index (χ1n) is 7.24. The minimum absolute atomic E-state index is 0.205. The molecule has 1 saturated carbocycles. The Balaban J connectivity index is 1.71. The second-order valence-corrected chi connectivity index (χ2v) is 7.73. The quantitative estimate of drug-likeness (QED) is 0.620. The van der Waals surface area contributed by atoms with Crippen LogP contribution in [0.1, 0.15) is 32.1 Å². The van der Waals surface area contributed by atoms with Crippen molar-refractivity contribution in [3.05, 3.63) is 24.3 Å².